The number of carbonyl (C=O) groups is 1. The number of rotatable bonds is 3. The second kappa shape index (κ2) is 6.29. The second-order valence-electron chi connectivity index (χ2n) is 5.56. The minimum atomic E-state index is -0.158. The first kappa shape index (κ1) is 14.6. The summed E-state index contributed by atoms with van der Waals surface area (Å²) in [5.74, 6) is 1.37. The van der Waals surface area contributed by atoms with E-state index in [0.29, 0.717) is 11.4 Å². The largest absolute Gasteiger partial charge is 0.378 e. The number of hydrogen-bond acceptors (Lipinski definition) is 6. The molecule has 0 bridgehead atoms. The Labute approximate surface area is 139 Å². The van der Waals surface area contributed by atoms with Gasteiger partial charge in [-0.1, -0.05) is 0 Å². The van der Waals surface area contributed by atoms with E-state index < -0.39 is 0 Å². The monoisotopic (exact) mass is 323 g/mol. The van der Waals surface area contributed by atoms with Gasteiger partial charge in [0.25, 0.3) is 5.91 Å². The van der Waals surface area contributed by atoms with E-state index >= 15 is 0 Å². The van der Waals surface area contributed by atoms with Gasteiger partial charge in [-0.05, 0) is 24.3 Å². The zero-order chi connectivity index (χ0) is 16.4. The van der Waals surface area contributed by atoms with Crippen LogP contribution in [0.15, 0.2) is 42.9 Å². The zero-order valence-corrected chi connectivity index (χ0v) is 13.0. The van der Waals surface area contributed by atoms with Crippen LogP contribution in [-0.4, -0.2) is 42.2 Å². The molecule has 1 saturated heterocycles. The fourth-order valence-electron chi connectivity index (χ4n) is 2.77. The molecule has 0 unspecified atom stereocenters. The number of hydrogen-bond donors (Lipinski definition) is 2. The Hall–Kier alpha value is -2.93. The van der Waals surface area contributed by atoms with Crippen molar-refractivity contribution in [2.24, 2.45) is 0 Å². The van der Waals surface area contributed by atoms with Crippen LogP contribution in [0.1, 0.15) is 5.56 Å². The molecule has 4 heterocycles. The van der Waals surface area contributed by atoms with Crippen molar-refractivity contribution in [3.8, 4) is 0 Å². The molecule has 7 heteroatoms. The summed E-state index contributed by atoms with van der Waals surface area (Å²) in [7, 11) is 0. The van der Waals surface area contributed by atoms with Gasteiger partial charge in [0.1, 0.15) is 11.6 Å². The molecule has 0 aliphatic carbocycles. The van der Waals surface area contributed by atoms with Gasteiger partial charge in [0.2, 0.25) is 0 Å². The lowest BCUT2D eigenvalue weighted by molar-refractivity contribution is -0.110. The Morgan fingerprint density at radius 3 is 2.88 bits per heavy atom. The summed E-state index contributed by atoms with van der Waals surface area (Å²) in [5.41, 5.74) is 2.19. The fraction of sp³-hybridized carbons (Fsp3) is 0.235. The predicted octanol–water partition coefficient (Wildman–Crippen LogP) is 1.72. The molecule has 7 nitrogen and oxygen atoms in total. The average molecular weight is 323 g/mol. The molecule has 2 aromatic rings. The van der Waals surface area contributed by atoms with Crippen LogP contribution in [0.25, 0.3) is 5.57 Å². The van der Waals surface area contributed by atoms with Gasteiger partial charge < -0.3 is 20.3 Å². The molecule has 0 aromatic carbocycles. The second-order valence-corrected chi connectivity index (χ2v) is 5.56. The molecule has 2 aliphatic rings. The Balaban J connectivity index is 1.49. The molecule has 122 valence electrons. The highest BCUT2D eigenvalue weighted by Crippen LogP contribution is 2.29. The smallest absolute Gasteiger partial charge is 0.259 e. The first-order chi connectivity index (χ1) is 11.8. The minimum absolute atomic E-state index is 0.158. The van der Waals surface area contributed by atoms with Crippen LogP contribution in [0, 0.1) is 0 Å². The van der Waals surface area contributed by atoms with Crippen LogP contribution in [0.2, 0.25) is 0 Å². The van der Waals surface area contributed by atoms with Crippen molar-refractivity contribution in [1.82, 2.24) is 9.97 Å². The molecule has 1 fully saturated rings. The van der Waals surface area contributed by atoms with Gasteiger partial charge in [-0.2, -0.15) is 0 Å². The summed E-state index contributed by atoms with van der Waals surface area (Å²) in [6.45, 7) is 3.17. The van der Waals surface area contributed by atoms with Crippen molar-refractivity contribution in [2.75, 3.05) is 41.8 Å². The van der Waals surface area contributed by atoms with Crippen LogP contribution in [0.5, 0.6) is 0 Å². The lowest BCUT2D eigenvalue weighted by Gasteiger charge is -2.27. The van der Waals surface area contributed by atoms with Crippen molar-refractivity contribution in [3.05, 3.63) is 48.4 Å². The number of amides is 1. The van der Waals surface area contributed by atoms with E-state index in [1.54, 1.807) is 18.6 Å². The molecule has 0 saturated carbocycles. The van der Waals surface area contributed by atoms with E-state index in [0.717, 1.165) is 43.4 Å². The highest BCUT2D eigenvalue weighted by Gasteiger charge is 2.24. The van der Waals surface area contributed by atoms with E-state index in [1.165, 1.54) is 0 Å². The van der Waals surface area contributed by atoms with E-state index in [1.807, 2.05) is 24.3 Å². The van der Waals surface area contributed by atoms with Crippen LogP contribution in [-0.2, 0) is 9.53 Å². The Bertz CT molecular complexity index is 782. The van der Waals surface area contributed by atoms with E-state index in [4.69, 9.17) is 4.74 Å². The number of carbonyl (C=O) groups excluding carboxylic acids is 1. The number of morpholine rings is 1. The highest BCUT2D eigenvalue weighted by molar-refractivity contribution is 6.31. The molecule has 1 amide bonds. The van der Waals surface area contributed by atoms with Gasteiger partial charge in [0.15, 0.2) is 0 Å². The SMILES string of the molecule is O=C1Nc2ncccc2C1=CNc1ccc(N2CCOCC2)nc1. The van der Waals surface area contributed by atoms with Crippen LogP contribution >= 0.6 is 0 Å². The molecule has 0 spiro atoms. The van der Waals surface area contributed by atoms with E-state index in [-0.39, 0.29) is 5.91 Å². The first-order valence-electron chi connectivity index (χ1n) is 7.83. The maximum absolute atomic E-state index is 12.0. The van der Waals surface area contributed by atoms with Gasteiger partial charge in [0, 0.05) is 31.0 Å². The number of aromatic nitrogens is 2. The number of nitrogens with zero attached hydrogens (tertiary/aromatic N) is 3. The van der Waals surface area contributed by atoms with Gasteiger partial charge in [-0.15, -0.1) is 0 Å². The quantitative estimate of drug-likeness (QED) is 0.837. The number of anilines is 3. The Morgan fingerprint density at radius 1 is 1.21 bits per heavy atom. The summed E-state index contributed by atoms with van der Waals surface area (Å²) in [5, 5.41) is 5.88. The van der Waals surface area contributed by atoms with Gasteiger partial charge in [0.05, 0.1) is 30.7 Å². The summed E-state index contributed by atoms with van der Waals surface area (Å²) in [4.78, 5) is 22.8. The fourth-order valence-corrected chi connectivity index (χ4v) is 2.77. The number of fused-ring (bicyclic) bond motifs is 1. The zero-order valence-electron chi connectivity index (χ0n) is 13.0. The Kier molecular flexibility index (Phi) is 3.84. The molecule has 2 N–H and O–H groups in total. The van der Waals surface area contributed by atoms with Gasteiger partial charge in [-0.25, -0.2) is 9.97 Å². The first-order valence-corrected chi connectivity index (χ1v) is 7.83. The van der Waals surface area contributed by atoms with Crippen LogP contribution in [0.3, 0.4) is 0 Å². The van der Waals surface area contributed by atoms with Crippen molar-refractivity contribution < 1.29 is 9.53 Å². The third-order valence-corrected chi connectivity index (χ3v) is 4.04. The van der Waals surface area contributed by atoms with Crippen molar-refractivity contribution in [2.45, 2.75) is 0 Å². The maximum Gasteiger partial charge on any atom is 0.259 e. The number of nitrogens with one attached hydrogen (secondary N) is 2. The predicted molar refractivity (Wildman–Crippen MR) is 91.7 cm³/mol. The number of ether oxygens (including phenoxy) is 1. The van der Waals surface area contributed by atoms with Crippen LogP contribution < -0.4 is 15.5 Å². The lowest BCUT2D eigenvalue weighted by atomic mass is 10.1. The van der Waals surface area contributed by atoms with Crippen molar-refractivity contribution in [3.63, 3.8) is 0 Å². The third-order valence-electron chi connectivity index (χ3n) is 4.04. The van der Waals surface area contributed by atoms with Crippen LogP contribution in [0.4, 0.5) is 17.3 Å². The van der Waals surface area contributed by atoms with Gasteiger partial charge >= 0.3 is 0 Å². The third kappa shape index (κ3) is 2.81. The Morgan fingerprint density at radius 2 is 2.08 bits per heavy atom. The number of pyridine rings is 2. The summed E-state index contributed by atoms with van der Waals surface area (Å²) in [6, 6.07) is 7.60. The average Bonchev–Trinajstić information content (AvgIpc) is 2.96. The molecular weight excluding hydrogens is 306 g/mol. The minimum Gasteiger partial charge on any atom is -0.378 e. The topological polar surface area (TPSA) is 79.4 Å². The normalized spacial score (nSPS) is 18.4. The van der Waals surface area contributed by atoms with E-state index in [9.17, 15) is 4.79 Å². The van der Waals surface area contributed by atoms with Crippen molar-refractivity contribution in [1.29, 1.82) is 0 Å². The lowest BCUT2D eigenvalue weighted by Crippen LogP contribution is -2.36. The molecule has 0 radical (unpaired) electrons. The standard InChI is InChI=1S/C17H17N5O2/c23-17-14(13-2-1-5-18-16(13)21-17)11-19-12-3-4-15(20-10-12)22-6-8-24-9-7-22/h1-5,10-11,19H,6-9H2,(H,18,21,23). The molecule has 2 aromatic heterocycles. The van der Waals surface area contributed by atoms with Crippen molar-refractivity contribution >= 4 is 28.8 Å². The molecule has 4 rings (SSSR count). The van der Waals surface area contributed by atoms with E-state index in [2.05, 4.69) is 25.5 Å². The summed E-state index contributed by atoms with van der Waals surface area (Å²) >= 11 is 0. The summed E-state index contributed by atoms with van der Waals surface area (Å²) < 4.78 is 5.35. The highest BCUT2D eigenvalue weighted by atomic mass is 16.5. The summed E-state index contributed by atoms with van der Waals surface area (Å²) in [6.07, 6.45) is 5.11. The molecule has 24 heavy (non-hydrogen) atoms. The molecular formula is C17H17N5O2. The maximum atomic E-state index is 12.0. The molecule has 2 aliphatic heterocycles. The molecule has 0 atom stereocenters. The van der Waals surface area contributed by atoms with Gasteiger partial charge in [-0.3, -0.25) is 4.79 Å².